The molecule has 2 aromatic rings. The Kier molecular flexibility index (Phi) is 5.39. The molecule has 0 bridgehead atoms. The lowest BCUT2D eigenvalue weighted by Gasteiger charge is -2.12. The van der Waals surface area contributed by atoms with Gasteiger partial charge in [0.1, 0.15) is 0 Å². The molecule has 0 heterocycles. The van der Waals surface area contributed by atoms with Crippen LogP contribution in [0.2, 0.25) is 0 Å². The van der Waals surface area contributed by atoms with E-state index in [1.807, 2.05) is 0 Å². The molecule has 0 aromatic heterocycles. The zero-order chi connectivity index (χ0) is 17.7. The van der Waals surface area contributed by atoms with Crippen molar-refractivity contribution in [1.29, 1.82) is 0 Å². The minimum atomic E-state index is -4.47. The summed E-state index contributed by atoms with van der Waals surface area (Å²) in [5, 5.41) is 9.28. The molecule has 6 heteroatoms. The molecule has 0 radical (unpaired) electrons. The van der Waals surface area contributed by atoms with Crippen molar-refractivity contribution in [2.75, 3.05) is 0 Å². The Bertz CT molecular complexity index is 707. The summed E-state index contributed by atoms with van der Waals surface area (Å²) in [6, 6.07) is 12.7. The fraction of sp³-hybridized carbons (Fsp3) is 0.222. The Morgan fingerprint density at radius 2 is 1.54 bits per heavy atom. The average Bonchev–Trinajstić information content (AvgIpc) is 2.54. The highest BCUT2D eigenvalue weighted by Crippen LogP contribution is 2.29. The third-order valence-electron chi connectivity index (χ3n) is 3.64. The molecular weight excluding hydrogens is 321 g/mol. The van der Waals surface area contributed by atoms with E-state index in [1.165, 1.54) is 0 Å². The molecule has 0 aliphatic heterocycles. The van der Waals surface area contributed by atoms with Crippen LogP contribution >= 0.6 is 0 Å². The standard InChI is InChI=1S/C18H15F3O3/c19-18(20,21)15-8-6-13(7-9-15)16(22)11-14(17(23)24)10-12-4-2-1-3-5-12/h1-9,14H,10-11H2,(H,23,24). The van der Waals surface area contributed by atoms with E-state index in [4.69, 9.17) is 0 Å². The number of alkyl halides is 3. The lowest BCUT2D eigenvalue weighted by molar-refractivity contribution is -0.141. The van der Waals surface area contributed by atoms with E-state index >= 15 is 0 Å². The summed E-state index contributed by atoms with van der Waals surface area (Å²) in [7, 11) is 0. The number of aliphatic carboxylic acids is 1. The zero-order valence-corrected chi connectivity index (χ0v) is 12.6. The maximum Gasteiger partial charge on any atom is 0.416 e. The predicted octanol–water partition coefficient (Wildman–Crippen LogP) is 4.22. The van der Waals surface area contributed by atoms with Crippen LogP contribution in [0.15, 0.2) is 54.6 Å². The van der Waals surface area contributed by atoms with Gasteiger partial charge in [-0.15, -0.1) is 0 Å². The van der Waals surface area contributed by atoms with Gasteiger partial charge in [-0.05, 0) is 24.1 Å². The van der Waals surface area contributed by atoms with Crippen molar-refractivity contribution in [3.63, 3.8) is 0 Å². The molecule has 0 aliphatic rings. The minimum absolute atomic E-state index is 0.0716. The molecule has 0 amide bonds. The number of ketones is 1. The number of carbonyl (C=O) groups is 2. The Morgan fingerprint density at radius 1 is 0.958 bits per heavy atom. The van der Waals surface area contributed by atoms with Gasteiger partial charge in [0.15, 0.2) is 5.78 Å². The molecule has 0 spiro atoms. The van der Waals surface area contributed by atoms with Crippen LogP contribution in [-0.4, -0.2) is 16.9 Å². The largest absolute Gasteiger partial charge is 0.481 e. The Balaban J connectivity index is 2.09. The van der Waals surface area contributed by atoms with Gasteiger partial charge < -0.3 is 5.11 Å². The Labute approximate surface area is 136 Å². The summed E-state index contributed by atoms with van der Waals surface area (Å²) < 4.78 is 37.5. The molecule has 0 saturated carbocycles. The van der Waals surface area contributed by atoms with Crippen molar-refractivity contribution in [1.82, 2.24) is 0 Å². The number of halogens is 3. The molecule has 3 nitrogen and oxygen atoms in total. The van der Waals surface area contributed by atoms with E-state index in [0.29, 0.717) is 0 Å². The number of hydrogen-bond donors (Lipinski definition) is 1. The van der Waals surface area contributed by atoms with Crippen LogP contribution in [0.3, 0.4) is 0 Å². The van der Waals surface area contributed by atoms with Gasteiger partial charge in [0.2, 0.25) is 0 Å². The number of benzene rings is 2. The summed E-state index contributed by atoms with van der Waals surface area (Å²) in [5.74, 6) is -2.53. The third-order valence-corrected chi connectivity index (χ3v) is 3.64. The number of carbonyl (C=O) groups excluding carboxylic acids is 1. The number of carboxylic acids is 1. The molecule has 2 aromatic carbocycles. The van der Waals surface area contributed by atoms with E-state index < -0.39 is 29.4 Å². The number of rotatable bonds is 6. The van der Waals surface area contributed by atoms with Crippen LogP contribution in [0, 0.1) is 5.92 Å². The second-order valence-electron chi connectivity index (χ2n) is 5.43. The van der Waals surface area contributed by atoms with Gasteiger partial charge in [-0.25, -0.2) is 0 Å². The molecule has 0 aliphatic carbocycles. The average molecular weight is 336 g/mol. The number of hydrogen-bond acceptors (Lipinski definition) is 2. The van der Waals surface area contributed by atoms with Crippen molar-refractivity contribution >= 4 is 11.8 Å². The first-order chi connectivity index (χ1) is 11.3. The van der Waals surface area contributed by atoms with Gasteiger partial charge in [-0.2, -0.15) is 13.2 Å². The Hall–Kier alpha value is -2.63. The number of Topliss-reactive ketones (excluding diaryl/α,β-unsaturated/α-hetero) is 1. The lowest BCUT2D eigenvalue weighted by atomic mass is 9.92. The lowest BCUT2D eigenvalue weighted by Crippen LogP contribution is -2.20. The topological polar surface area (TPSA) is 54.4 Å². The second-order valence-corrected chi connectivity index (χ2v) is 5.43. The van der Waals surface area contributed by atoms with Crippen LogP contribution in [-0.2, 0) is 17.4 Å². The van der Waals surface area contributed by atoms with Crippen LogP contribution in [0.25, 0.3) is 0 Å². The van der Waals surface area contributed by atoms with Crippen LogP contribution in [0.4, 0.5) is 13.2 Å². The molecule has 1 unspecified atom stereocenters. The Morgan fingerprint density at radius 3 is 2.04 bits per heavy atom. The fourth-order valence-corrected chi connectivity index (χ4v) is 2.33. The highest BCUT2D eigenvalue weighted by Gasteiger charge is 2.30. The van der Waals surface area contributed by atoms with Crippen molar-refractivity contribution in [3.05, 3.63) is 71.3 Å². The smallest absolute Gasteiger partial charge is 0.416 e. The first-order valence-electron chi connectivity index (χ1n) is 7.24. The summed E-state index contributed by atoms with van der Waals surface area (Å²) in [4.78, 5) is 23.5. The summed E-state index contributed by atoms with van der Waals surface area (Å²) in [5.41, 5.74) is 0.00514. The van der Waals surface area contributed by atoms with E-state index in [-0.39, 0.29) is 18.4 Å². The molecule has 24 heavy (non-hydrogen) atoms. The monoisotopic (exact) mass is 336 g/mol. The first-order valence-corrected chi connectivity index (χ1v) is 7.24. The number of carboxylic acid groups (broad SMARTS) is 1. The highest BCUT2D eigenvalue weighted by atomic mass is 19.4. The van der Waals surface area contributed by atoms with Gasteiger partial charge in [-0.3, -0.25) is 9.59 Å². The van der Waals surface area contributed by atoms with Gasteiger partial charge in [0.05, 0.1) is 11.5 Å². The predicted molar refractivity (Wildman–Crippen MR) is 81.7 cm³/mol. The van der Waals surface area contributed by atoms with Crippen molar-refractivity contribution < 1.29 is 27.9 Å². The van der Waals surface area contributed by atoms with Crippen LogP contribution in [0.1, 0.15) is 27.9 Å². The quantitative estimate of drug-likeness (QED) is 0.804. The van der Waals surface area contributed by atoms with E-state index in [9.17, 15) is 27.9 Å². The maximum absolute atomic E-state index is 12.5. The minimum Gasteiger partial charge on any atom is -0.481 e. The molecular formula is C18H15F3O3. The van der Waals surface area contributed by atoms with E-state index in [1.54, 1.807) is 30.3 Å². The van der Waals surface area contributed by atoms with Gasteiger partial charge in [0, 0.05) is 12.0 Å². The summed E-state index contributed by atoms with van der Waals surface area (Å²) in [6.45, 7) is 0. The summed E-state index contributed by atoms with van der Waals surface area (Å²) >= 11 is 0. The van der Waals surface area contributed by atoms with Gasteiger partial charge in [0.25, 0.3) is 0 Å². The first kappa shape index (κ1) is 17.7. The van der Waals surface area contributed by atoms with E-state index in [2.05, 4.69) is 0 Å². The molecule has 0 fully saturated rings. The third kappa shape index (κ3) is 4.68. The van der Waals surface area contributed by atoms with Gasteiger partial charge >= 0.3 is 12.1 Å². The molecule has 2 rings (SSSR count). The highest BCUT2D eigenvalue weighted by molar-refractivity contribution is 5.98. The van der Waals surface area contributed by atoms with Crippen molar-refractivity contribution in [2.45, 2.75) is 19.0 Å². The summed E-state index contributed by atoms with van der Waals surface area (Å²) in [6.07, 6.45) is -4.56. The fourth-order valence-electron chi connectivity index (χ4n) is 2.33. The molecule has 1 atom stereocenters. The SMILES string of the molecule is O=C(CC(Cc1ccccc1)C(=O)O)c1ccc(C(F)(F)F)cc1. The van der Waals surface area contributed by atoms with E-state index in [0.717, 1.165) is 29.8 Å². The normalized spacial score (nSPS) is 12.6. The molecule has 1 N–H and O–H groups in total. The molecule has 0 saturated heterocycles. The maximum atomic E-state index is 12.5. The molecule has 126 valence electrons. The van der Waals surface area contributed by atoms with Crippen molar-refractivity contribution in [2.24, 2.45) is 5.92 Å². The van der Waals surface area contributed by atoms with Crippen LogP contribution in [0.5, 0.6) is 0 Å². The van der Waals surface area contributed by atoms with Crippen molar-refractivity contribution in [3.8, 4) is 0 Å². The van der Waals surface area contributed by atoms with Gasteiger partial charge in [-0.1, -0.05) is 42.5 Å². The van der Waals surface area contributed by atoms with Crippen LogP contribution < -0.4 is 0 Å². The second kappa shape index (κ2) is 7.29. The zero-order valence-electron chi connectivity index (χ0n) is 12.6.